The van der Waals surface area contributed by atoms with Crippen molar-refractivity contribution in [2.24, 2.45) is 5.73 Å². The van der Waals surface area contributed by atoms with Gasteiger partial charge in [-0.05, 0) is 30.7 Å². The highest BCUT2D eigenvalue weighted by Gasteiger charge is 2.40. The molecule has 0 saturated carbocycles. The van der Waals surface area contributed by atoms with Gasteiger partial charge >= 0.3 is 6.18 Å². The minimum Gasteiger partial charge on any atom is -0.365 e. The molecule has 108 valence electrons. The Hall–Kier alpha value is -2.82. The molecule has 2 rings (SSSR count). The molecule has 0 atom stereocenters. The van der Waals surface area contributed by atoms with Crippen LogP contribution in [-0.2, 0) is 6.18 Å². The predicted molar refractivity (Wildman–Crippen MR) is 66.5 cm³/mol. The van der Waals surface area contributed by atoms with Crippen LogP contribution in [0, 0.1) is 18.3 Å². The third-order valence-electron chi connectivity index (χ3n) is 2.86. The molecule has 0 aliphatic heterocycles. The van der Waals surface area contributed by atoms with E-state index in [2.05, 4.69) is 5.10 Å². The van der Waals surface area contributed by atoms with Gasteiger partial charge in [-0.25, -0.2) is 4.68 Å². The smallest absolute Gasteiger partial charge is 0.365 e. The lowest BCUT2D eigenvalue weighted by molar-refractivity contribution is -0.143. The zero-order valence-electron chi connectivity index (χ0n) is 10.8. The quantitative estimate of drug-likeness (QED) is 0.921. The SMILES string of the molecule is Cc1cc(C#N)ccc1-n1ncc(C(N)=O)c1C(F)(F)F. The number of aromatic nitrogens is 2. The van der Waals surface area contributed by atoms with Crippen molar-refractivity contribution in [2.75, 3.05) is 0 Å². The molecule has 0 aliphatic carbocycles. The van der Waals surface area contributed by atoms with E-state index < -0.39 is 23.3 Å². The number of nitrogens with two attached hydrogens (primary N) is 1. The van der Waals surface area contributed by atoms with Crippen molar-refractivity contribution in [1.82, 2.24) is 9.78 Å². The first-order valence-electron chi connectivity index (χ1n) is 5.72. The lowest BCUT2D eigenvalue weighted by Crippen LogP contribution is -2.21. The van der Waals surface area contributed by atoms with Gasteiger partial charge in [-0.15, -0.1) is 0 Å². The van der Waals surface area contributed by atoms with Gasteiger partial charge < -0.3 is 5.73 Å². The Morgan fingerprint density at radius 2 is 2.10 bits per heavy atom. The van der Waals surface area contributed by atoms with Crippen molar-refractivity contribution in [2.45, 2.75) is 13.1 Å². The second-order valence-corrected chi connectivity index (χ2v) is 4.29. The maximum Gasteiger partial charge on any atom is 0.434 e. The maximum atomic E-state index is 13.1. The van der Waals surface area contributed by atoms with Crippen molar-refractivity contribution in [3.63, 3.8) is 0 Å². The summed E-state index contributed by atoms with van der Waals surface area (Å²) in [7, 11) is 0. The van der Waals surface area contributed by atoms with E-state index in [9.17, 15) is 18.0 Å². The Labute approximate surface area is 117 Å². The third-order valence-corrected chi connectivity index (χ3v) is 2.86. The highest BCUT2D eigenvalue weighted by molar-refractivity contribution is 5.94. The molecule has 1 aromatic heterocycles. The van der Waals surface area contributed by atoms with Gasteiger partial charge in [0.05, 0.1) is 29.1 Å². The molecule has 2 N–H and O–H groups in total. The predicted octanol–water partition coefficient (Wildman–Crippen LogP) is 2.17. The minimum absolute atomic E-state index is 0.119. The summed E-state index contributed by atoms with van der Waals surface area (Å²) in [6.45, 7) is 1.54. The summed E-state index contributed by atoms with van der Waals surface area (Å²) >= 11 is 0. The zero-order chi connectivity index (χ0) is 15.8. The van der Waals surface area contributed by atoms with Crippen molar-refractivity contribution in [1.29, 1.82) is 5.26 Å². The number of hydrogen-bond donors (Lipinski definition) is 1. The molecule has 0 fully saturated rings. The van der Waals surface area contributed by atoms with Crippen molar-refractivity contribution in [3.8, 4) is 11.8 Å². The molecular weight excluding hydrogens is 285 g/mol. The van der Waals surface area contributed by atoms with Crippen molar-refractivity contribution in [3.05, 3.63) is 46.8 Å². The number of halogens is 3. The summed E-state index contributed by atoms with van der Waals surface area (Å²) in [5.74, 6) is -1.21. The van der Waals surface area contributed by atoms with Gasteiger partial charge in [-0.2, -0.15) is 23.5 Å². The molecule has 0 spiro atoms. The first-order chi connectivity index (χ1) is 9.75. The third kappa shape index (κ3) is 2.58. The number of nitrogens with zero attached hydrogens (tertiary/aromatic N) is 3. The molecule has 1 heterocycles. The summed E-state index contributed by atoms with van der Waals surface area (Å²) in [4.78, 5) is 11.1. The number of primary amides is 1. The number of carbonyl (C=O) groups excluding carboxylic acids is 1. The fourth-order valence-corrected chi connectivity index (χ4v) is 1.95. The molecule has 0 saturated heterocycles. The van der Waals surface area contributed by atoms with Crippen LogP contribution in [0.25, 0.3) is 5.69 Å². The summed E-state index contributed by atoms with van der Waals surface area (Å²) in [6, 6.07) is 6.02. The van der Waals surface area contributed by atoms with E-state index in [0.717, 1.165) is 6.20 Å². The normalized spacial score (nSPS) is 11.2. The van der Waals surface area contributed by atoms with Gasteiger partial charge in [0.15, 0.2) is 5.69 Å². The summed E-state index contributed by atoms with van der Waals surface area (Å²) in [6.07, 6.45) is -4.01. The van der Waals surface area contributed by atoms with Crippen LogP contribution in [0.2, 0.25) is 0 Å². The number of benzene rings is 1. The molecule has 0 radical (unpaired) electrons. The standard InChI is InChI=1S/C13H9F3N4O/c1-7-4-8(5-17)2-3-10(7)20-11(13(14,15)16)9(6-19-20)12(18)21/h2-4,6H,1H3,(H2,18,21). The molecule has 21 heavy (non-hydrogen) atoms. The van der Waals surface area contributed by atoms with Crippen LogP contribution in [0.15, 0.2) is 24.4 Å². The fourth-order valence-electron chi connectivity index (χ4n) is 1.95. The number of carbonyl (C=O) groups is 1. The number of amides is 1. The second kappa shape index (κ2) is 4.94. The molecular formula is C13H9F3N4O. The Balaban J connectivity index is 2.71. The van der Waals surface area contributed by atoms with Gasteiger partial charge in [0.2, 0.25) is 0 Å². The first kappa shape index (κ1) is 14.6. The maximum absolute atomic E-state index is 13.1. The number of rotatable bonds is 2. The average Bonchev–Trinajstić information content (AvgIpc) is 2.83. The highest BCUT2D eigenvalue weighted by Crippen LogP contribution is 2.34. The number of aryl methyl sites for hydroxylation is 1. The largest absolute Gasteiger partial charge is 0.434 e. The van der Waals surface area contributed by atoms with E-state index >= 15 is 0 Å². The molecule has 1 aromatic carbocycles. The van der Waals surface area contributed by atoms with Gasteiger partial charge in [0, 0.05) is 0 Å². The van der Waals surface area contributed by atoms with Crippen LogP contribution in [0.5, 0.6) is 0 Å². The minimum atomic E-state index is -4.79. The number of alkyl halides is 3. The topological polar surface area (TPSA) is 84.7 Å². The Morgan fingerprint density at radius 1 is 1.43 bits per heavy atom. The van der Waals surface area contributed by atoms with Crippen LogP contribution in [0.1, 0.15) is 27.2 Å². The lowest BCUT2D eigenvalue weighted by Gasteiger charge is -2.13. The van der Waals surface area contributed by atoms with E-state index in [1.807, 2.05) is 6.07 Å². The van der Waals surface area contributed by atoms with E-state index in [0.29, 0.717) is 15.8 Å². The van der Waals surface area contributed by atoms with E-state index in [1.54, 1.807) is 6.92 Å². The van der Waals surface area contributed by atoms with Crippen LogP contribution in [-0.4, -0.2) is 15.7 Å². The summed E-state index contributed by atoms with van der Waals surface area (Å²) < 4.78 is 40.0. The van der Waals surface area contributed by atoms with E-state index in [1.165, 1.54) is 18.2 Å². The molecule has 0 aliphatic rings. The molecule has 0 unspecified atom stereocenters. The monoisotopic (exact) mass is 294 g/mol. The van der Waals surface area contributed by atoms with Crippen LogP contribution >= 0.6 is 0 Å². The van der Waals surface area contributed by atoms with Gasteiger partial charge in [0.1, 0.15) is 0 Å². The fraction of sp³-hybridized carbons (Fsp3) is 0.154. The van der Waals surface area contributed by atoms with Crippen molar-refractivity contribution >= 4 is 5.91 Å². The Morgan fingerprint density at radius 3 is 2.57 bits per heavy atom. The van der Waals surface area contributed by atoms with Crippen LogP contribution < -0.4 is 5.73 Å². The Kier molecular flexibility index (Phi) is 3.43. The summed E-state index contributed by atoms with van der Waals surface area (Å²) in [5.41, 5.74) is 3.86. The van der Waals surface area contributed by atoms with Crippen LogP contribution in [0.3, 0.4) is 0 Å². The highest BCUT2D eigenvalue weighted by atomic mass is 19.4. The molecule has 0 bridgehead atoms. The second-order valence-electron chi connectivity index (χ2n) is 4.29. The molecule has 1 amide bonds. The molecule has 2 aromatic rings. The van der Waals surface area contributed by atoms with Crippen molar-refractivity contribution < 1.29 is 18.0 Å². The van der Waals surface area contributed by atoms with E-state index in [-0.39, 0.29) is 5.69 Å². The average molecular weight is 294 g/mol. The molecule has 5 nitrogen and oxygen atoms in total. The lowest BCUT2D eigenvalue weighted by atomic mass is 10.1. The van der Waals surface area contributed by atoms with Gasteiger partial charge in [0.25, 0.3) is 5.91 Å². The zero-order valence-corrected chi connectivity index (χ0v) is 10.8. The first-order valence-corrected chi connectivity index (χ1v) is 5.72. The Bertz CT molecular complexity index is 756. The van der Waals surface area contributed by atoms with E-state index in [4.69, 9.17) is 11.0 Å². The number of hydrogen-bond acceptors (Lipinski definition) is 3. The molecule has 8 heteroatoms. The number of nitriles is 1. The van der Waals surface area contributed by atoms with Crippen LogP contribution in [0.4, 0.5) is 13.2 Å². The summed E-state index contributed by atoms with van der Waals surface area (Å²) in [5, 5.41) is 12.4. The van der Waals surface area contributed by atoms with Gasteiger partial charge in [-0.1, -0.05) is 0 Å². The van der Waals surface area contributed by atoms with Gasteiger partial charge in [-0.3, -0.25) is 4.79 Å².